The molecule has 2 aromatic carbocycles. The SMILES string of the molecule is COc1cccc(C(O)CSc2ccc(Cl)c(Cl)c2)c1. The summed E-state index contributed by atoms with van der Waals surface area (Å²) in [5, 5.41) is 11.2. The van der Waals surface area contributed by atoms with Gasteiger partial charge in [-0.15, -0.1) is 11.8 Å². The van der Waals surface area contributed by atoms with Crippen molar-refractivity contribution in [3.8, 4) is 5.75 Å². The topological polar surface area (TPSA) is 29.5 Å². The van der Waals surface area contributed by atoms with E-state index < -0.39 is 6.10 Å². The lowest BCUT2D eigenvalue weighted by molar-refractivity contribution is 0.203. The summed E-state index contributed by atoms with van der Waals surface area (Å²) in [5.41, 5.74) is 0.830. The monoisotopic (exact) mass is 328 g/mol. The molecule has 1 unspecified atom stereocenters. The van der Waals surface area contributed by atoms with Gasteiger partial charge in [-0.1, -0.05) is 35.3 Å². The van der Waals surface area contributed by atoms with E-state index in [0.29, 0.717) is 15.8 Å². The Kier molecular flexibility index (Phi) is 5.61. The number of hydrogen-bond donors (Lipinski definition) is 1. The number of benzene rings is 2. The molecule has 0 aromatic heterocycles. The molecule has 0 saturated carbocycles. The van der Waals surface area contributed by atoms with E-state index in [0.717, 1.165) is 16.2 Å². The Morgan fingerprint density at radius 3 is 2.65 bits per heavy atom. The lowest BCUT2D eigenvalue weighted by Gasteiger charge is -2.12. The average molecular weight is 329 g/mol. The molecule has 0 saturated heterocycles. The van der Waals surface area contributed by atoms with E-state index in [4.69, 9.17) is 27.9 Å². The molecule has 0 bridgehead atoms. The van der Waals surface area contributed by atoms with Crippen molar-refractivity contribution in [2.45, 2.75) is 11.0 Å². The van der Waals surface area contributed by atoms with Gasteiger partial charge in [0, 0.05) is 10.6 Å². The molecule has 0 amide bonds. The first-order valence-corrected chi connectivity index (χ1v) is 7.74. The van der Waals surface area contributed by atoms with Gasteiger partial charge >= 0.3 is 0 Å². The quantitative estimate of drug-likeness (QED) is 0.797. The van der Waals surface area contributed by atoms with Crippen molar-refractivity contribution < 1.29 is 9.84 Å². The maximum absolute atomic E-state index is 10.2. The maximum atomic E-state index is 10.2. The summed E-state index contributed by atoms with van der Waals surface area (Å²) in [5.74, 6) is 1.27. The van der Waals surface area contributed by atoms with E-state index in [2.05, 4.69) is 0 Å². The van der Waals surface area contributed by atoms with Crippen molar-refractivity contribution in [2.24, 2.45) is 0 Å². The minimum Gasteiger partial charge on any atom is -0.497 e. The van der Waals surface area contributed by atoms with Crippen LogP contribution in [0.3, 0.4) is 0 Å². The molecule has 0 aliphatic carbocycles. The van der Waals surface area contributed by atoms with Crippen LogP contribution in [0.2, 0.25) is 10.0 Å². The molecule has 0 heterocycles. The molecule has 1 atom stereocenters. The molecule has 0 aliphatic heterocycles. The van der Waals surface area contributed by atoms with Crippen LogP contribution >= 0.6 is 35.0 Å². The second-order valence-electron chi connectivity index (χ2n) is 4.18. The van der Waals surface area contributed by atoms with Crippen molar-refractivity contribution >= 4 is 35.0 Å². The summed E-state index contributed by atoms with van der Waals surface area (Å²) in [6, 6.07) is 12.9. The first-order valence-electron chi connectivity index (χ1n) is 6.00. The molecule has 0 radical (unpaired) electrons. The molecule has 106 valence electrons. The number of rotatable bonds is 5. The summed E-state index contributed by atoms with van der Waals surface area (Å²) in [6.07, 6.45) is -0.565. The Labute approximate surface area is 132 Å². The number of halogens is 2. The maximum Gasteiger partial charge on any atom is 0.119 e. The van der Waals surface area contributed by atoms with Gasteiger partial charge in [-0.3, -0.25) is 0 Å². The van der Waals surface area contributed by atoms with Crippen LogP contribution in [0.1, 0.15) is 11.7 Å². The highest BCUT2D eigenvalue weighted by atomic mass is 35.5. The second-order valence-corrected chi connectivity index (χ2v) is 6.09. The van der Waals surface area contributed by atoms with Crippen LogP contribution < -0.4 is 4.74 Å². The van der Waals surface area contributed by atoms with Gasteiger partial charge in [0.15, 0.2) is 0 Å². The third kappa shape index (κ3) is 4.06. The second kappa shape index (κ2) is 7.23. The normalized spacial score (nSPS) is 12.2. The lowest BCUT2D eigenvalue weighted by atomic mass is 10.1. The Hall–Kier alpha value is -0.870. The van der Waals surface area contributed by atoms with Crippen molar-refractivity contribution in [2.75, 3.05) is 12.9 Å². The predicted octanol–water partition coefficient (Wildman–Crippen LogP) is 4.83. The third-order valence-corrected chi connectivity index (χ3v) is 4.59. The van der Waals surface area contributed by atoms with Gasteiger partial charge in [-0.25, -0.2) is 0 Å². The number of aliphatic hydroxyl groups excluding tert-OH is 1. The Bertz CT molecular complexity index is 590. The summed E-state index contributed by atoms with van der Waals surface area (Å²) in [7, 11) is 1.61. The number of thioether (sulfide) groups is 1. The fourth-order valence-corrected chi connectivity index (χ4v) is 2.96. The molecule has 2 rings (SSSR count). The molecule has 20 heavy (non-hydrogen) atoms. The van der Waals surface area contributed by atoms with Crippen LogP contribution in [-0.2, 0) is 0 Å². The van der Waals surface area contributed by atoms with E-state index in [1.54, 1.807) is 19.2 Å². The molecule has 2 aromatic rings. The van der Waals surface area contributed by atoms with Crippen molar-refractivity contribution in [3.05, 3.63) is 58.1 Å². The zero-order chi connectivity index (χ0) is 14.5. The van der Waals surface area contributed by atoms with Crippen molar-refractivity contribution in [1.29, 1.82) is 0 Å². The summed E-state index contributed by atoms with van der Waals surface area (Å²) in [4.78, 5) is 0.973. The van der Waals surface area contributed by atoms with Gasteiger partial charge in [0.1, 0.15) is 5.75 Å². The minimum absolute atomic E-state index is 0.521. The molecule has 0 aliphatic rings. The van der Waals surface area contributed by atoms with Crippen LogP contribution in [-0.4, -0.2) is 18.0 Å². The third-order valence-electron chi connectivity index (χ3n) is 2.78. The summed E-state index contributed by atoms with van der Waals surface area (Å²) < 4.78 is 5.15. The molecular formula is C15H14Cl2O2S. The van der Waals surface area contributed by atoms with Gasteiger partial charge in [0.2, 0.25) is 0 Å². The largest absolute Gasteiger partial charge is 0.497 e. The number of methoxy groups -OCH3 is 1. The summed E-state index contributed by atoms with van der Waals surface area (Å²) in [6.45, 7) is 0. The first kappa shape index (κ1) is 15.5. The predicted molar refractivity (Wildman–Crippen MR) is 85.1 cm³/mol. The first-order chi connectivity index (χ1) is 9.60. The standard InChI is InChI=1S/C15H14Cl2O2S/c1-19-11-4-2-3-10(7-11)15(18)9-20-12-5-6-13(16)14(17)8-12/h2-8,15,18H,9H2,1H3. The highest BCUT2D eigenvalue weighted by molar-refractivity contribution is 7.99. The number of aliphatic hydroxyl groups is 1. The number of ether oxygens (including phenoxy) is 1. The van der Waals surface area contributed by atoms with Crippen molar-refractivity contribution in [1.82, 2.24) is 0 Å². The van der Waals surface area contributed by atoms with Crippen LogP contribution in [0.4, 0.5) is 0 Å². The zero-order valence-corrected chi connectivity index (χ0v) is 13.2. The number of hydrogen-bond acceptors (Lipinski definition) is 3. The Morgan fingerprint density at radius 2 is 1.95 bits per heavy atom. The fourth-order valence-electron chi connectivity index (χ4n) is 1.69. The van der Waals surface area contributed by atoms with E-state index in [9.17, 15) is 5.11 Å². The average Bonchev–Trinajstić information content (AvgIpc) is 2.48. The Balaban J connectivity index is 2.00. The van der Waals surface area contributed by atoms with Gasteiger partial charge < -0.3 is 9.84 Å². The smallest absolute Gasteiger partial charge is 0.119 e. The van der Waals surface area contributed by atoms with E-state index >= 15 is 0 Å². The fraction of sp³-hybridized carbons (Fsp3) is 0.200. The van der Waals surface area contributed by atoms with Crippen LogP contribution in [0.5, 0.6) is 5.75 Å². The van der Waals surface area contributed by atoms with Gasteiger partial charge in [0.05, 0.1) is 23.3 Å². The lowest BCUT2D eigenvalue weighted by Crippen LogP contribution is -2.00. The minimum atomic E-state index is -0.565. The molecular weight excluding hydrogens is 315 g/mol. The van der Waals surface area contributed by atoms with Crippen LogP contribution in [0, 0.1) is 0 Å². The van der Waals surface area contributed by atoms with Gasteiger partial charge in [-0.05, 0) is 35.9 Å². The van der Waals surface area contributed by atoms with E-state index in [1.165, 1.54) is 11.8 Å². The molecule has 0 fully saturated rings. The van der Waals surface area contributed by atoms with Gasteiger partial charge in [-0.2, -0.15) is 0 Å². The molecule has 5 heteroatoms. The van der Waals surface area contributed by atoms with Gasteiger partial charge in [0.25, 0.3) is 0 Å². The highest BCUT2D eigenvalue weighted by Crippen LogP contribution is 2.30. The van der Waals surface area contributed by atoms with E-state index in [-0.39, 0.29) is 0 Å². The molecule has 0 spiro atoms. The van der Waals surface area contributed by atoms with Crippen LogP contribution in [0.15, 0.2) is 47.4 Å². The Morgan fingerprint density at radius 1 is 1.15 bits per heavy atom. The highest BCUT2D eigenvalue weighted by Gasteiger charge is 2.10. The van der Waals surface area contributed by atoms with Crippen LogP contribution in [0.25, 0.3) is 0 Å². The zero-order valence-electron chi connectivity index (χ0n) is 10.8. The molecule has 2 nitrogen and oxygen atoms in total. The summed E-state index contributed by atoms with van der Waals surface area (Å²) >= 11 is 13.4. The molecule has 1 N–H and O–H groups in total. The van der Waals surface area contributed by atoms with E-state index in [1.807, 2.05) is 30.3 Å². The van der Waals surface area contributed by atoms with Crippen molar-refractivity contribution in [3.63, 3.8) is 0 Å².